The van der Waals surface area contributed by atoms with E-state index in [2.05, 4.69) is 11.9 Å². The molecule has 2 N–H and O–H groups in total. The van der Waals surface area contributed by atoms with Crippen LogP contribution in [0.25, 0.3) is 0 Å². The summed E-state index contributed by atoms with van der Waals surface area (Å²) in [7, 11) is 0. The molecule has 0 aliphatic carbocycles. The van der Waals surface area contributed by atoms with Crippen LogP contribution >= 0.6 is 0 Å². The number of carboxylic acids is 1. The van der Waals surface area contributed by atoms with Gasteiger partial charge in [0.05, 0.1) is 0 Å². The first-order valence-electron chi connectivity index (χ1n) is 5.42. The molecule has 16 heavy (non-hydrogen) atoms. The summed E-state index contributed by atoms with van der Waals surface area (Å²) in [4.78, 5) is 22.7. The van der Waals surface area contributed by atoms with Crippen LogP contribution in [0.5, 0.6) is 0 Å². The Balaban J connectivity index is 4.53. The Morgan fingerprint density at radius 2 is 2.00 bits per heavy atom. The van der Waals surface area contributed by atoms with Crippen molar-refractivity contribution in [1.29, 1.82) is 0 Å². The molecule has 1 amide bonds. The number of amides is 1. The molecule has 0 aliphatic heterocycles. The van der Waals surface area contributed by atoms with Crippen LogP contribution in [0, 0.1) is 5.92 Å². The highest BCUT2D eigenvalue weighted by molar-refractivity contribution is 5.87. The monoisotopic (exact) mass is 227 g/mol. The van der Waals surface area contributed by atoms with Crippen LogP contribution < -0.4 is 5.32 Å². The second kappa shape index (κ2) is 5.68. The minimum Gasteiger partial charge on any atom is -0.480 e. The number of carbonyl (C=O) groups is 2. The second-order valence-electron chi connectivity index (χ2n) is 4.54. The standard InChI is InChI=1S/C12H21NO3/c1-6-12(5,11(15)16)13-10(14)9(4)7-8(2)3/h9H,2,6-7H2,1,3-5H3,(H,13,14)(H,15,16). The van der Waals surface area contributed by atoms with Crippen molar-refractivity contribution in [3.05, 3.63) is 12.2 Å². The van der Waals surface area contributed by atoms with Crippen molar-refractivity contribution in [1.82, 2.24) is 5.32 Å². The van der Waals surface area contributed by atoms with Crippen molar-refractivity contribution in [3.8, 4) is 0 Å². The molecule has 0 aliphatic rings. The smallest absolute Gasteiger partial charge is 0.329 e. The van der Waals surface area contributed by atoms with Crippen LogP contribution in [0.2, 0.25) is 0 Å². The molecular formula is C12H21NO3. The van der Waals surface area contributed by atoms with Gasteiger partial charge in [0.25, 0.3) is 0 Å². The molecule has 0 heterocycles. The summed E-state index contributed by atoms with van der Waals surface area (Å²) >= 11 is 0. The maximum atomic E-state index is 11.7. The average Bonchev–Trinajstić information content (AvgIpc) is 2.16. The molecule has 92 valence electrons. The number of allylic oxidation sites excluding steroid dienone is 1. The molecule has 4 nitrogen and oxygen atoms in total. The SMILES string of the molecule is C=C(C)CC(C)C(=O)NC(C)(CC)C(=O)O. The summed E-state index contributed by atoms with van der Waals surface area (Å²) in [6.07, 6.45) is 0.930. The van der Waals surface area contributed by atoms with Gasteiger partial charge in [-0.1, -0.05) is 19.4 Å². The van der Waals surface area contributed by atoms with Gasteiger partial charge in [0.1, 0.15) is 5.54 Å². The number of hydrogen-bond acceptors (Lipinski definition) is 2. The summed E-state index contributed by atoms with van der Waals surface area (Å²) < 4.78 is 0. The topological polar surface area (TPSA) is 66.4 Å². The van der Waals surface area contributed by atoms with Gasteiger partial charge in [0.2, 0.25) is 5.91 Å². The van der Waals surface area contributed by atoms with Crippen LogP contribution in [-0.4, -0.2) is 22.5 Å². The third-order valence-electron chi connectivity index (χ3n) is 2.68. The van der Waals surface area contributed by atoms with Crippen molar-refractivity contribution >= 4 is 11.9 Å². The van der Waals surface area contributed by atoms with Gasteiger partial charge in [0, 0.05) is 5.92 Å². The van der Waals surface area contributed by atoms with E-state index in [1.807, 2.05) is 6.92 Å². The van der Waals surface area contributed by atoms with Crippen LogP contribution in [0.15, 0.2) is 12.2 Å². The van der Waals surface area contributed by atoms with Gasteiger partial charge in [-0.25, -0.2) is 4.79 Å². The van der Waals surface area contributed by atoms with E-state index in [0.717, 1.165) is 5.57 Å². The fraction of sp³-hybridized carbons (Fsp3) is 0.667. The number of carboxylic acid groups (broad SMARTS) is 1. The van der Waals surface area contributed by atoms with Crippen molar-refractivity contribution in [3.63, 3.8) is 0 Å². The van der Waals surface area contributed by atoms with Crippen LogP contribution in [0.3, 0.4) is 0 Å². The minimum atomic E-state index is -1.18. The molecule has 0 fully saturated rings. The first-order chi connectivity index (χ1) is 7.23. The normalized spacial score (nSPS) is 16.0. The molecular weight excluding hydrogens is 206 g/mol. The fourth-order valence-electron chi connectivity index (χ4n) is 1.30. The molecule has 0 bridgehead atoms. The van der Waals surface area contributed by atoms with Gasteiger partial charge in [0.15, 0.2) is 0 Å². The molecule has 0 saturated heterocycles. The number of rotatable bonds is 6. The second-order valence-corrected chi connectivity index (χ2v) is 4.54. The molecule has 0 spiro atoms. The Morgan fingerprint density at radius 1 is 1.50 bits per heavy atom. The average molecular weight is 227 g/mol. The lowest BCUT2D eigenvalue weighted by Gasteiger charge is -2.26. The molecule has 2 atom stereocenters. The highest BCUT2D eigenvalue weighted by atomic mass is 16.4. The molecule has 0 aromatic rings. The van der Waals surface area contributed by atoms with Crippen molar-refractivity contribution in [2.75, 3.05) is 0 Å². The lowest BCUT2D eigenvalue weighted by Crippen LogP contribution is -2.53. The van der Waals surface area contributed by atoms with Gasteiger partial charge >= 0.3 is 5.97 Å². The first-order valence-corrected chi connectivity index (χ1v) is 5.42. The molecule has 0 radical (unpaired) electrons. The van der Waals surface area contributed by atoms with Gasteiger partial charge in [-0.05, 0) is 26.7 Å². The summed E-state index contributed by atoms with van der Waals surface area (Å²) in [5, 5.41) is 11.6. The largest absolute Gasteiger partial charge is 0.480 e. The molecule has 4 heteroatoms. The van der Waals surface area contributed by atoms with E-state index in [0.29, 0.717) is 12.8 Å². The summed E-state index contributed by atoms with van der Waals surface area (Å²) in [5.41, 5.74) is -0.267. The van der Waals surface area contributed by atoms with E-state index in [-0.39, 0.29) is 11.8 Å². The third-order valence-corrected chi connectivity index (χ3v) is 2.68. The molecule has 0 rings (SSSR count). The Bertz CT molecular complexity index is 299. The lowest BCUT2D eigenvalue weighted by atomic mass is 9.96. The van der Waals surface area contributed by atoms with Crippen LogP contribution in [0.4, 0.5) is 0 Å². The quantitative estimate of drug-likeness (QED) is 0.682. The molecule has 0 saturated carbocycles. The zero-order valence-corrected chi connectivity index (χ0v) is 10.5. The van der Waals surface area contributed by atoms with Gasteiger partial charge < -0.3 is 10.4 Å². The number of carbonyl (C=O) groups excluding carboxylic acids is 1. The minimum absolute atomic E-state index is 0.241. The van der Waals surface area contributed by atoms with Gasteiger partial charge in [-0.15, -0.1) is 6.58 Å². The zero-order chi connectivity index (χ0) is 12.9. The van der Waals surface area contributed by atoms with E-state index >= 15 is 0 Å². The highest BCUT2D eigenvalue weighted by Crippen LogP contribution is 2.14. The van der Waals surface area contributed by atoms with Crippen LogP contribution in [-0.2, 0) is 9.59 Å². The number of hydrogen-bond donors (Lipinski definition) is 2. The zero-order valence-electron chi connectivity index (χ0n) is 10.5. The number of aliphatic carboxylic acids is 1. The fourth-order valence-corrected chi connectivity index (χ4v) is 1.30. The van der Waals surface area contributed by atoms with E-state index in [4.69, 9.17) is 5.11 Å². The van der Waals surface area contributed by atoms with Crippen LogP contribution in [0.1, 0.15) is 40.5 Å². The maximum absolute atomic E-state index is 11.7. The molecule has 0 aromatic carbocycles. The molecule has 0 aromatic heterocycles. The number of nitrogens with one attached hydrogen (secondary N) is 1. The van der Waals surface area contributed by atoms with E-state index < -0.39 is 11.5 Å². The highest BCUT2D eigenvalue weighted by Gasteiger charge is 2.33. The Hall–Kier alpha value is -1.32. The third kappa shape index (κ3) is 4.04. The van der Waals surface area contributed by atoms with E-state index in [1.165, 1.54) is 6.92 Å². The predicted molar refractivity (Wildman–Crippen MR) is 63.1 cm³/mol. The summed E-state index contributed by atoms with van der Waals surface area (Å²) in [6, 6.07) is 0. The summed E-state index contributed by atoms with van der Waals surface area (Å²) in [6.45, 7) is 10.6. The van der Waals surface area contributed by atoms with Gasteiger partial charge in [-0.3, -0.25) is 4.79 Å². The first kappa shape index (κ1) is 14.7. The summed E-state index contributed by atoms with van der Waals surface area (Å²) in [5.74, 6) is -1.50. The lowest BCUT2D eigenvalue weighted by molar-refractivity contribution is -0.147. The van der Waals surface area contributed by atoms with Crippen molar-refractivity contribution < 1.29 is 14.7 Å². The Labute approximate surface area is 96.7 Å². The Kier molecular flexibility index (Phi) is 5.21. The van der Waals surface area contributed by atoms with E-state index in [1.54, 1.807) is 13.8 Å². The van der Waals surface area contributed by atoms with Gasteiger partial charge in [-0.2, -0.15) is 0 Å². The Morgan fingerprint density at radius 3 is 2.31 bits per heavy atom. The van der Waals surface area contributed by atoms with Crippen molar-refractivity contribution in [2.24, 2.45) is 5.92 Å². The maximum Gasteiger partial charge on any atom is 0.329 e. The van der Waals surface area contributed by atoms with Crippen molar-refractivity contribution in [2.45, 2.75) is 46.1 Å². The molecule has 2 unspecified atom stereocenters. The predicted octanol–water partition coefficient (Wildman–Crippen LogP) is 1.96. The van der Waals surface area contributed by atoms with E-state index in [9.17, 15) is 9.59 Å².